The lowest BCUT2D eigenvalue weighted by atomic mass is 9.88. The van der Waals surface area contributed by atoms with E-state index in [1.54, 1.807) is 0 Å². The second-order valence-electron chi connectivity index (χ2n) is 6.04. The van der Waals surface area contributed by atoms with Crippen molar-refractivity contribution >= 4 is 10.8 Å². The Morgan fingerprint density at radius 3 is 2.16 bits per heavy atom. The normalized spacial score (nSPS) is 19.6. The van der Waals surface area contributed by atoms with Crippen LogP contribution in [0.1, 0.15) is 69.4 Å². The van der Waals surface area contributed by atoms with Gasteiger partial charge in [0.25, 0.3) is 0 Å². The summed E-state index contributed by atoms with van der Waals surface area (Å²) in [7, 11) is 0. The summed E-state index contributed by atoms with van der Waals surface area (Å²) in [5, 5.41) is 2.82. The van der Waals surface area contributed by atoms with Crippen molar-refractivity contribution in [2.45, 2.75) is 63.7 Å². The van der Waals surface area contributed by atoms with Crippen LogP contribution in [-0.2, 0) is 0 Å². The molecule has 1 aromatic carbocycles. The number of aromatic nitrogens is 1. The van der Waals surface area contributed by atoms with Crippen molar-refractivity contribution < 1.29 is 0 Å². The SMILES string of the molecule is c1ccc2c(C3CCCCCCCCC3)[nH]cc2c1. The van der Waals surface area contributed by atoms with Crippen molar-refractivity contribution in [3.8, 4) is 0 Å². The second-order valence-corrected chi connectivity index (χ2v) is 6.04. The lowest BCUT2D eigenvalue weighted by Crippen LogP contribution is -2.02. The van der Waals surface area contributed by atoms with E-state index in [1.165, 1.54) is 74.3 Å². The zero-order valence-corrected chi connectivity index (χ0v) is 11.8. The minimum absolute atomic E-state index is 0.748. The van der Waals surface area contributed by atoms with E-state index in [0.717, 1.165) is 5.92 Å². The molecule has 3 rings (SSSR count). The van der Waals surface area contributed by atoms with E-state index < -0.39 is 0 Å². The van der Waals surface area contributed by atoms with Crippen LogP contribution in [0.25, 0.3) is 10.8 Å². The van der Waals surface area contributed by atoms with Gasteiger partial charge in [-0.05, 0) is 24.1 Å². The Morgan fingerprint density at radius 1 is 0.789 bits per heavy atom. The molecule has 1 aromatic heterocycles. The highest BCUT2D eigenvalue weighted by Gasteiger charge is 2.16. The molecule has 1 heterocycles. The summed E-state index contributed by atoms with van der Waals surface area (Å²) >= 11 is 0. The van der Waals surface area contributed by atoms with Gasteiger partial charge in [-0.2, -0.15) is 0 Å². The van der Waals surface area contributed by atoms with E-state index in [9.17, 15) is 0 Å². The van der Waals surface area contributed by atoms with Gasteiger partial charge in [-0.3, -0.25) is 0 Å². The lowest BCUT2D eigenvalue weighted by molar-refractivity contribution is 0.459. The molecule has 1 aliphatic rings. The standard InChI is InChI=1S/C18H25N/c1-2-4-6-10-15(11-7-5-3-1)18-17-13-9-8-12-16(17)14-19-18/h8-9,12-15,19H,1-7,10-11H2. The number of aromatic amines is 1. The molecule has 0 atom stereocenters. The Bertz CT molecular complexity index is 501. The Kier molecular flexibility index (Phi) is 4.22. The fourth-order valence-electron chi connectivity index (χ4n) is 3.54. The minimum Gasteiger partial charge on any atom is -0.364 e. The molecule has 1 saturated carbocycles. The van der Waals surface area contributed by atoms with Gasteiger partial charge in [0.05, 0.1) is 0 Å². The molecule has 1 fully saturated rings. The monoisotopic (exact) mass is 255 g/mol. The van der Waals surface area contributed by atoms with Gasteiger partial charge in [-0.15, -0.1) is 0 Å². The first-order valence-corrected chi connectivity index (χ1v) is 8.01. The molecule has 0 unspecified atom stereocenters. The van der Waals surface area contributed by atoms with Crippen LogP contribution < -0.4 is 0 Å². The van der Waals surface area contributed by atoms with E-state index in [1.807, 2.05) is 0 Å². The van der Waals surface area contributed by atoms with Crippen LogP contribution in [0.15, 0.2) is 30.5 Å². The largest absolute Gasteiger partial charge is 0.364 e. The number of benzene rings is 1. The van der Waals surface area contributed by atoms with Crippen LogP contribution in [0.2, 0.25) is 0 Å². The molecule has 1 N–H and O–H groups in total. The van der Waals surface area contributed by atoms with Gasteiger partial charge in [-0.25, -0.2) is 0 Å². The minimum atomic E-state index is 0.748. The fraction of sp³-hybridized carbons (Fsp3) is 0.556. The number of H-pyrrole nitrogens is 1. The molecule has 0 amide bonds. The quantitative estimate of drug-likeness (QED) is 0.665. The molecule has 0 aliphatic heterocycles. The molecular formula is C18H25N. The first kappa shape index (κ1) is 12.8. The molecule has 102 valence electrons. The molecule has 1 nitrogen and oxygen atoms in total. The first-order valence-electron chi connectivity index (χ1n) is 8.01. The predicted molar refractivity (Wildman–Crippen MR) is 82.6 cm³/mol. The summed E-state index contributed by atoms with van der Waals surface area (Å²) in [6.07, 6.45) is 14.9. The summed E-state index contributed by atoms with van der Waals surface area (Å²) in [4.78, 5) is 3.57. The molecule has 2 aromatic rings. The summed E-state index contributed by atoms with van der Waals surface area (Å²) in [5.74, 6) is 0.748. The summed E-state index contributed by atoms with van der Waals surface area (Å²) in [6.45, 7) is 0. The highest BCUT2D eigenvalue weighted by Crippen LogP contribution is 2.33. The first-order chi connectivity index (χ1) is 9.45. The van der Waals surface area contributed by atoms with Crippen molar-refractivity contribution in [1.29, 1.82) is 0 Å². The Labute approximate surface area is 116 Å². The van der Waals surface area contributed by atoms with Gasteiger partial charge in [0.1, 0.15) is 0 Å². The second kappa shape index (κ2) is 6.27. The zero-order valence-electron chi connectivity index (χ0n) is 11.8. The lowest BCUT2D eigenvalue weighted by Gasteiger charge is -2.18. The molecule has 0 bridgehead atoms. The molecule has 1 heteroatoms. The maximum atomic E-state index is 3.57. The maximum absolute atomic E-state index is 3.57. The van der Waals surface area contributed by atoms with Gasteiger partial charge in [-0.1, -0.05) is 69.2 Å². The molecule has 19 heavy (non-hydrogen) atoms. The molecule has 0 saturated heterocycles. The van der Waals surface area contributed by atoms with Gasteiger partial charge in [0, 0.05) is 17.3 Å². The van der Waals surface area contributed by atoms with Crippen molar-refractivity contribution in [3.63, 3.8) is 0 Å². The van der Waals surface area contributed by atoms with E-state index in [4.69, 9.17) is 0 Å². The zero-order chi connectivity index (χ0) is 12.9. The third-order valence-electron chi connectivity index (χ3n) is 4.65. The average Bonchev–Trinajstić information content (AvgIpc) is 2.88. The third kappa shape index (κ3) is 3.02. The number of fused-ring (bicyclic) bond motifs is 1. The van der Waals surface area contributed by atoms with Crippen LogP contribution in [-0.4, -0.2) is 4.98 Å². The van der Waals surface area contributed by atoms with Crippen LogP contribution in [0, 0.1) is 0 Å². The molecule has 1 aliphatic carbocycles. The maximum Gasteiger partial charge on any atom is 0.0258 e. The molecular weight excluding hydrogens is 230 g/mol. The van der Waals surface area contributed by atoms with E-state index in [2.05, 4.69) is 35.4 Å². The van der Waals surface area contributed by atoms with Crippen molar-refractivity contribution in [2.24, 2.45) is 0 Å². The van der Waals surface area contributed by atoms with Crippen molar-refractivity contribution in [1.82, 2.24) is 4.98 Å². The highest BCUT2D eigenvalue weighted by molar-refractivity contribution is 5.85. The van der Waals surface area contributed by atoms with E-state index in [0.29, 0.717) is 0 Å². The van der Waals surface area contributed by atoms with E-state index >= 15 is 0 Å². The Balaban J connectivity index is 1.81. The fourth-order valence-corrected chi connectivity index (χ4v) is 3.54. The Morgan fingerprint density at radius 2 is 1.42 bits per heavy atom. The topological polar surface area (TPSA) is 15.8 Å². The van der Waals surface area contributed by atoms with E-state index in [-0.39, 0.29) is 0 Å². The van der Waals surface area contributed by atoms with Crippen LogP contribution in [0.3, 0.4) is 0 Å². The van der Waals surface area contributed by atoms with Crippen molar-refractivity contribution in [3.05, 3.63) is 36.2 Å². The molecule has 0 spiro atoms. The summed E-state index contributed by atoms with van der Waals surface area (Å²) < 4.78 is 0. The number of hydrogen-bond acceptors (Lipinski definition) is 0. The van der Waals surface area contributed by atoms with Crippen LogP contribution in [0.4, 0.5) is 0 Å². The predicted octanol–water partition coefficient (Wildman–Crippen LogP) is 5.78. The third-order valence-corrected chi connectivity index (χ3v) is 4.65. The number of nitrogens with one attached hydrogen (secondary N) is 1. The van der Waals surface area contributed by atoms with Crippen LogP contribution in [0.5, 0.6) is 0 Å². The smallest absolute Gasteiger partial charge is 0.0258 e. The van der Waals surface area contributed by atoms with Gasteiger partial charge in [0.2, 0.25) is 0 Å². The summed E-state index contributed by atoms with van der Waals surface area (Å²) in [5.41, 5.74) is 1.50. The molecule has 0 radical (unpaired) electrons. The van der Waals surface area contributed by atoms with Crippen LogP contribution >= 0.6 is 0 Å². The van der Waals surface area contributed by atoms with Gasteiger partial charge in [0.15, 0.2) is 0 Å². The summed E-state index contributed by atoms with van der Waals surface area (Å²) in [6, 6.07) is 8.79. The average molecular weight is 255 g/mol. The number of hydrogen-bond donors (Lipinski definition) is 1. The van der Waals surface area contributed by atoms with Gasteiger partial charge >= 0.3 is 0 Å². The van der Waals surface area contributed by atoms with Crippen molar-refractivity contribution in [2.75, 3.05) is 0 Å². The number of rotatable bonds is 1. The Hall–Kier alpha value is -1.24. The highest BCUT2D eigenvalue weighted by atomic mass is 14.7. The van der Waals surface area contributed by atoms with Gasteiger partial charge < -0.3 is 4.98 Å².